The van der Waals surface area contributed by atoms with Gasteiger partial charge in [-0.05, 0) is 12.1 Å². The maximum absolute atomic E-state index is 9.64. The van der Waals surface area contributed by atoms with Gasteiger partial charge in [0.15, 0.2) is 0 Å². The second kappa shape index (κ2) is 5.67. The summed E-state index contributed by atoms with van der Waals surface area (Å²) in [4.78, 5) is 7.02. The number of nitrogens with zero attached hydrogens (tertiary/aromatic N) is 1. The van der Waals surface area contributed by atoms with Crippen LogP contribution in [0.1, 0.15) is 11.9 Å². The standard InChI is InChI=1S/C11H13N3O2.ClH/c12-8(6-15)11-13-5-9(14-11)7-3-1-2-4-10(7)16;/h1-5,8,15-16H,6,12H2,(H,13,14);1H/t8-;/m0./s1. The van der Waals surface area contributed by atoms with Crippen LogP contribution in [0.25, 0.3) is 11.3 Å². The molecular weight excluding hydrogens is 242 g/mol. The van der Waals surface area contributed by atoms with Crippen LogP contribution in [0.3, 0.4) is 0 Å². The summed E-state index contributed by atoms with van der Waals surface area (Å²) in [7, 11) is 0. The number of hydrogen-bond donors (Lipinski definition) is 4. The third-order valence-corrected chi connectivity index (χ3v) is 2.34. The predicted molar refractivity (Wildman–Crippen MR) is 67.0 cm³/mol. The van der Waals surface area contributed by atoms with Crippen molar-refractivity contribution in [3.8, 4) is 17.0 Å². The normalized spacial score (nSPS) is 11.9. The predicted octanol–water partition coefficient (Wildman–Crippen LogP) is 1.20. The molecule has 1 aromatic heterocycles. The van der Waals surface area contributed by atoms with E-state index in [1.807, 2.05) is 6.07 Å². The highest BCUT2D eigenvalue weighted by Gasteiger charge is 2.11. The first-order chi connectivity index (χ1) is 7.72. The highest BCUT2D eigenvalue weighted by atomic mass is 35.5. The number of aromatic amines is 1. The Morgan fingerprint density at radius 1 is 1.35 bits per heavy atom. The Morgan fingerprint density at radius 3 is 2.71 bits per heavy atom. The minimum atomic E-state index is -0.528. The van der Waals surface area contributed by atoms with Crippen LogP contribution in [0.5, 0.6) is 5.75 Å². The molecule has 92 valence electrons. The van der Waals surface area contributed by atoms with Crippen molar-refractivity contribution in [3.63, 3.8) is 0 Å². The fourth-order valence-corrected chi connectivity index (χ4v) is 1.45. The zero-order valence-electron chi connectivity index (χ0n) is 9.00. The molecule has 0 bridgehead atoms. The monoisotopic (exact) mass is 255 g/mol. The summed E-state index contributed by atoms with van der Waals surface area (Å²) < 4.78 is 0. The molecule has 0 aliphatic rings. The lowest BCUT2D eigenvalue weighted by Crippen LogP contribution is -2.15. The number of aliphatic hydroxyl groups excluding tert-OH is 1. The third kappa shape index (κ3) is 2.76. The van der Waals surface area contributed by atoms with E-state index in [0.29, 0.717) is 17.1 Å². The summed E-state index contributed by atoms with van der Waals surface area (Å²) in [6.45, 7) is -0.173. The van der Waals surface area contributed by atoms with E-state index in [9.17, 15) is 5.11 Å². The first-order valence-electron chi connectivity index (χ1n) is 4.92. The molecule has 0 fully saturated rings. The van der Waals surface area contributed by atoms with Gasteiger partial charge in [-0.3, -0.25) is 0 Å². The molecule has 0 amide bonds. The molecule has 6 heteroatoms. The van der Waals surface area contributed by atoms with Gasteiger partial charge in [-0.2, -0.15) is 0 Å². The number of imidazole rings is 1. The van der Waals surface area contributed by atoms with E-state index in [1.54, 1.807) is 24.4 Å². The second-order valence-electron chi connectivity index (χ2n) is 3.49. The number of nitrogens with two attached hydrogens (primary N) is 1. The van der Waals surface area contributed by atoms with E-state index in [4.69, 9.17) is 10.8 Å². The van der Waals surface area contributed by atoms with Gasteiger partial charge in [0.2, 0.25) is 0 Å². The number of H-pyrrole nitrogens is 1. The van der Waals surface area contributed by atoms with Gasteiger partial charge in [0.05, 0.1) is 24.5 Å². The molecule has 0 spiro atoms. The number of phenols is 1. The third-order valence-electron chi connectivity index (χ3n) is 2.34. The molecule has 5 N–H and O–H groups in total. The quantitative estimate of drug-likeness (QED) is 0.663. The van der Waals surface area contributed by atoms with Gasteiger partial charge in [0.1, 0.15) is 11.6 Å². The van der Waals surface area contributed by atoms with Crippen LogP contribution in [-0.2, 0) is 0 Å². The van der Waals surface area contributed by atoms with Gasteiger partial charge >= 0.3 is 0 Å². The number of hydrogen-bond acceptors (Lipinski definition) is 4. The molecule has 0 saturated carbocycles. The first-order valence-corrected chi connectivity index (χ1v) is 4.92. The molecule has 0 radical (unpaired) electrons. The summed E-state index contributed by atoms with van der Waals surface area (Å²) in [6, 6.07) is 6.41. The van der Waals surface area contributed by atoms with Crippen molar-refractivity contribution < 1.29 is 10.2 Å². The number of aliphatic hydroxyl groups is 1. The topological polar surface area (TPSA) is 95.2 Å². The number of aromatic hydroxyl groups is 1. The van der Waals surface area contributed by atoms with Crippen molar-refractivity contribution in [3.05, 3.63) is 36.3 Å². The van der Waals surface area contributed by atoms with Crippen LogP contribution in [0.4, 0.5) is 0 Å². The van der Waals surface area contributed by atoms with Crippen molar-refractivity contribution in [2.24, 2.45) is 5.73 Å². The van der Waals surface area contributed by atoms with E-state index >= 15 is 0 Å². The molecule has 2 aromatic rings. The Hall–Kier alpha value is -1.56. The zero-order valence-corrected chi connectivity index (χ0v) is 9.81. The molecule has 1 heterocycles. The van der Waals surface area contributed by atoms with Gasteiger partial charge < -0.3 is 20.9 Å². The van der Waals surface area contributed by atoms with E-state index in [0.717, 1.165) is 0 Å². The molecule has 5 nitrogen and oxygen atoms in total. The maximum atomic E-state index is 9.64. The summed E-state index contributed by atoms with van der Waals surface area (Å²) >= 11 is 0. The number of phenolic OH excluding ortho intramolecular Hbond substituents is 1. The maximum Gasteiger partial charge on any atom is 0.125 e. The highest BCUT2D eigenvalue weighted by Crippen LogP contribution is 2.27. The number of para-hydroxylation sites is 1. The minimum absolute atomic E-state index is 0. The van der Waals surface area contributed by atoms with Crippen molar-refractivity contribution in [2.45, 2.75) is 6.04 Å². The van der Waals surface area contributed by atoms with E-state index in [-0.39, 0.29) is 24.8 Å². The van der Waals surface area contributed by atoms with Crippen LogP contribution in [-0.4, -0.2) is 26.8 Å². The lowest BCUT2D eigenvalue weighted by molar-refractivity contribution is 0.264. The summed E-state index contributed by atoms with van der Waals surface area (Å²) in [5.41, 5.74) is 6.95. The number of nitrogens with one attached hydrogen (secondary N) is 1. The molecule has 0 saturated heterocycles. The Balaban J connectivity index is 0.00000144. The van der Waals surface area contributed by atoms with Crippen LogP contribution in [0.15, 0.2) is 30.5 Å². The van der Waals surface area contributed by atoms with Crippen LogP contribution in [0.2, 0.25) is 0 Å². The minimum Gasteiger partial charge on any atom is -0.507 e. The molecule has 0 aliphatic carbocycles. The van der Waals surface area contributed by atoms with Crippen molar-refractivity contribution in [1.29, 1.82) is 0 Å². The van der Waals surface area contributed by atoms with Crippen LogP contribution >= 0.6 is 12.4 Å². The summed E-state index contributed by atoms with van der Waals surface area (Å²) in [5.74, 6) is 0.677. The number of rotatable bonds is 3. The van der Waals surface area contributed by atoms with E-state index in [2.05, 4.69) is 9.97 Å². The smallest absolute Gasteiger partial charge is 0.125 e. The van der Waals surface area contributed by atoms with Crippen molar-refractivity contribution in [1.82, 2.24) is 9.97 Å². The average molecular weight is 256 g/mol. The molecule has 2 rings (SSSR count). The van der Waals surface area contributed by atoms with Crippen LogP contribution < -0.4 is 5.73 Å². The molecule has 0 unspecified atom stereocenters. The highest BCUT2D eigenvalue weighted by molar-refractivity contribution is 5.85. The van der Waals surface area contributed by atoms with Gasteiger partial charge in [0, 0.05) is 5.56 Å². The van der Waals surface area contributed by atoms with Crippen LogP contribution in [0, 0.1) is 0 Å². The van der Waals surface area contributed by atoms with Gasteiger partial charge in [0.25, 0.3) is 0 Å². The number of halogens is 1. The largest absolute Gasteiger partial charge is 0.507 e. The molecule has 1 aromatic carbocycles. The number of aromatic nitrogens is 2. The Labute approximate surface area is 105 Å². The van der Waals surface area contributed by atoms with E-state index in [1.165, 1.54) is 0 Å². The Bertz CT molecular complexity index is 487. The van der Waals surface area contributed by atoms with Gasteiger partial charge in [-0.1, -0.05) is 12.1 Å². The Morgan fingerprint density at radius 2 is 2.06 bits per heavy atom. The van der Waals surface area contributed by atoms with Crippen molar-refractivity contribution in [2.75, 3.05) is 6.61 Å². The zero-order chi connectivity index (χ0) is 11.5. The number of benzene rings is 1. The fourth-order valence-electron chi connectivity index (χ4n) is 1.45. The van der Waals surface area contributed by atoms with Crippen molar-refractivity contribution >= 4 is 12.4 Å². The van der Waals surface area contributed by atoms with E-state index < -0.39 is 6.04 Å². The van der Waals surface area contributed by atoms with Gasteiger partial charge in [-0.15, -0.1) is 12.4 Å². The molecular formula is C11H14ClN3O2. The summed E-state index contributed by atoms with van der Waals surface area (Å²) in [5, 5.41) is 18.5. The fraction of sp³-hybridized carbons (Fsp3) is 0.182. The Kier molecular flexibility index (Phi) is 4.51. The molecule has 0 aliphatic heterocycles. The van der Waals surface area contributed by atoms with Gasteiger partial charge in [-0.25, -0.2) is 4.98 Å². The summed E-state index contributed by atoms with van der Waals surface area (Å²) in [6.07, 6.45) is 1.58. The lowest BCUT2D eigenvalue weighted by Gasteiger charge is -2.03. The average Bonchev–Trinajstić information content (AvgIpc) is 2.78. The SMILES string of the molecule is Cl.N[C@@H](CO)c1ncc(-c2ccccc2O)[nH]1. The second-order valence-corrected chi connectivity index (χ2v) is 3.49. The molecule has 1 atom stereocenters. The molecule has 17 heavy (non-hydrogen) atoms. The lowest BCUT2D eigenvalue weighted by atomic mass is 10.1. The first kappa shape index (κ1) is 13.5.